The zero-order valence-corrected chi connectivity index (χ0v) is 13.0. The number of likely N-dealkylation sites (tertiary alicyclic amines) is 1. The fraction of sp³-hybridized carbons (Fsp3) is 0.938. The lowest BCUT2D eigenvalue weighted by Gasteiger charge is -2.33. The van der Waals surface area contributed by atoms with Crippen molar-refractivity contribution in [1.82, 2.24) is 10.2 Å². The quantitative estimate of drug-likeness (QED) is 0.648. The molecule has 122 valence electrons. The SMILES string of the molecule is O=C(CC1CCCC1)NCC1CCN(CC(O)CO)CC1. The Hall–Kier alpha value is -0.650. The molecule has 1 heterocycles. The fourth-order valence-electron chi connectivity index (χ4n) is 3.54. The fourth-order valence-corrected chi connectivity index (χ4v) is 3.54. The van der Waals surface area contributed by atoms with Crippen molar-refractivity contribution in [2.75, 3.05) is 32.8 Å². The maximum absolute atomic E-state index is 11.9. The number of nitrogens with one attached hydrogen (secondary N) is 1. The molecule has 0 aromatic carbocycles. The van der Waals surface area contributed by atoms with Crippen LogP contribution in [0.4, 0.5) is 0 Å². The Kier molecular flexibility index (Phi) is 6.93. The second-order valence-corrected chi connectivity index (χ2v) is 6.74. The maximum Gasteiger partial charge on any atom is 0.220 e. The van der Waals surface area contributed by atoms with Gasteiger partial charge in [-0.2, -0.15) is 0 Å². The van der Waals surface area contributed by atoms with Gasteiger partial charge >= 0.3 is 0 Å². The van der Waals surface area contributed by atoms with E-state index in [1.807, 2.05) is 0 Å². The molecule has 1 unspecified atom stereocenters. The van der Waals surface area contributed by atoms with Crippen LogP contribution in [0.2, 0.25) is 0 Å². The molecule has 0 aromatic heterocycles. The zero-order chi connectivity index (χ0) is 15.1. The number of β-amino-alcohol motifs (C(OH)–C–C–N with tert-alkyl or cyclic N) is 1. The molecule has 1 atom stereocenters. The Morgan fingerprint density at radius 2 is 1.81 bits per heavy atom. The number of carbonyl (C=O) groups is 1. The molecular formula is C16H30N2O3. The molecule has 1 amide bonds. The van der Waals surface area contributed by atoms with Gasteiger partial charge in [0.15, 0.2) is 0 Å². The second kappa shape index (κ2) is 8.71. The van der Waals surface area contributed by atoms with E-state index in [4.69, 9.17) is 5.11 Å². The Morgan fingerprint density at radius 3 is 2.43 bits per heavy atom. The predicted octanol–water partition coefficient (Wildman–Crippen LogP) is 0.748. The molecular weight excluding hydrogens is 268 g/mol. The molecule has 2 rings (SSSR count). The van der Waals surface area contributed by atoms with Gasteiger partial charge in [-0.15, -0.1) is 0 Å². The number of rotatable bonds is 7. The van der Waals surface area contributed by atoms with Crippen LogP contribution in [0.3, 0.4) is 0 Å². The zero-order valence-electron chi connectivity index (χ0n) is 13.0. The molecule has 5 nitrogen and oxygen atoms in total. The summed E-state index contributed by atoms with van der Waals surface area (Å²) in [5.41, 5.74) is 0. The maximum atomic E-state index is 11.9. The van der Waals surface area contributed by atoms with Gasteiger partial charge in [-0.25, -0.2) is 0 Å². The van der Waals surface area contributed by atoms with E-state index in [0.717, 1.165) is 32.5 Å². The van der Waals surface area contributed by atoms with Gasteiger partial charge in [-0.3, -0.25) is 4.79 Å². The predicted molar refractivity (Wildman–Crippen MR) is 81.8 cm³/mol. The highest BCUT2D eigenvalue weighted by Gasteiger charge is 2.22. The van der Waals surface area contributed by atoms with Crippen LogP contribution in [0.25, 0.3) is 0 Å². The van der Waals surface area contributed by atoms with E-state index in [2.05, 4.69) is 10.2 Å². The van der Waals surface area contributed by atoms with Gasteiger partial charge in [0.1, 0.15) is 0 Å². The van der Waals surface area contributed by atoms with Crippen molar-refractivity contribution in [1.29, 1.82) is 0 Å². The molecule has 0 radical (unpaired) electrons. The van der Waals surface area contributed by atoms with Crippen LogP contribution in [-0.2, 0) is 4.79 Å². The van der Waals surface area contributed by atoms with Gasteiger partial charge in [-0.05, 0) is 50.6 Å². The largest absolute Gasteiger partial charge is 0.394 e. The first-order chi connectivity index (χ1) is 10.2. The Balaban J connectivity index is 1.56. The molecule has 2 aliphatic rings. The first-order valence-electron chi connectivity index (χ1n) is 8.45. The number of aliphatic hydroxyl groups is 2. The lowest BCUT2D eigenvalue weighted by Crippen LogP contribution is -2.42. The Bertz CT molecular complexity index is 311. The summed E-state index contributed by atoms with van der Waals surface area (Å²) >= 11 is 0. The minimum atomic E-state index is -0.632. The normalized spacial score (nSPS) is 23.3. The highest BCUT2D eigenvalue weighted by Crippen LogP contribution is 2.27. The molecule has 1 aliphatic carbocycles. The van der Waals surface area contributed by atoms with Crippen LogP contribution in [0, 0.1) is 11.8 Å². The Labute approximate surface area is 127 Å². The minimum absolute atomic E-state index is 0.169. The van der Waals surface area contributed by atoms with Crippen molar-refractivity contribution in [2.45, 2.75) is 51.0 Å². The van der Waals surface area contributed by atoms with E-state index < -0.39 is 6.10 Å². The van der Waals surface area contributed by atoms with E-state index >= 15 is 0 Å². The van der Waals surface area contributed by atoms with E-state index in [-0.39, 0.29) is 12.5 Å². The summed E-state index contributed by atoms with van der Waals surface area (Å²) in [5.74, 6) is 1.40. The summed E-state index contributed by atoms with van der Waals surface area (Å²) in [6.45, 7) is 3.07. The van der Waals surface area contributed by atoms with Gasteiger partial charge in [0.05, 0.1) is 12.7 Å². The van der Waals surface area contributed by atoms with Gasteiger partial charge < -0.3 is 20.4 Å². The van der Waals surface area contributed by atoms with Crippen molar-refractivity contribution >= 4 is 5.91 Å². The molecule has 2 fully saturated rings. The third-order valence-corrected chi connectivity index (χ3v) is 4.92. The molecule has 1 aliphatic heterocycles. The molecule has 5 heteroatoms. The first kappa shape index (κ1) is 16.7. The molecule has 0 bridgehead atoms. The van der Waals surface area contributed by atoms with Gasteiger partial charge in [-0.1, -0.05) is 12.8 Å². The molecule has 21 heavy (non-hydrogen) atoms. The number of amides is 1. The van der Waals surface area contributed by atoms with Crippen molar-refractivity contribution in [3.63, 3.8) is 0 Å². The molecule has 1 saturated carbocycles. The third kappa shape index (κ3) is 5.93. The number of piperidine rings is 1. The number of hydrogen-bond donors (Lipinski definition) is 3. The standard InChI is InChI=1S/C16H30N2O3/c19-12-15(20)11-18-7-5-14(6-8-18)10-17-16(21)9-13-3-1-2-4-13/h13-15,19-20H,1-12H2,(H,17,21). The van der Waals surface area contributed by atoms with E-state index in [1.165, 1.54) is 25.7 Å². The lowest BCUT2D eigenvalue weighted by molar-refractivity contribution is -0.122. The number of aliphatic hydroxyl groups excluding tert-OH is 2. The highest BCUT2D eigenvalue weighted by molar-refractivity contribution is 5.76. The number of hydrogen-bond acceptors (Lipinski definition) is 4. The highest BCUT2D eigenvalue weighted by atomic mass is 16.3. The number of nitrogens with zero attached hydrogens (tertiary/aromatic N) is 1. The smallest absolute Gasteiger partial charge is 0.220 e. The summed E-state index contributed by atoms with van der Waals surface area (Å²) in [6.07, 6.45) is 7.21. The van der Waals surface area contributed by atoms with Crippen LogP contribution in [0.15, 0.2) is 0 Å². The van der Waals surface area contributed by atoms with E-state index in [1.54, 1.807) is 0 Å². The molecule has 1 saturated heterocycles. The van der Waals surface area contributed by atoms with Crippen LogP contribution < -0.4 is 5.32 Å². The molecule has 3 N–H and O–H groups in total. The second-order valence-electron chi connectivity index (χ2n) is 6.74. The van der Waals surface area contributed by atoms with E-state index in [9.17, 15) is 9.90 Å². The summed E-state index contributed by atoms with van der Waals surface area (Å²) < 4.78 is 0. The summed E-state index contributed by atoms with van der Waals surface area (Å²) in [7, 11) is 0. The Morgan fingerprint density at radius 1 is 1.14 bits per heavy atom. The summed E-state index contributed by atoms with van der Waals surface area (Å²) in [5, 5.41) is 21.4. The van der Waals surface area contributed by atoms with Crippen LogP contribution in [0.1, 0.15) is 44.9 Å². The minimum Gasteiger partial charge on any atom is -0.394 e. The topological polar surface area (TPSA) is 72.8 Å². The van der Waals surface area contributed by atoms with Crippen LogP contribution >= 0.6 is 0 Å². The van der Waals surface area contributed by atoms with Crippen molar-refractivity contribution in [3.8, 4) is 0 Å². The van der Waals surface area contributed by atoms with Crippen LogP contribution in [0.5, 0.6) is 0 Å². The van der Waals surface area contributed by atoms with Crippen molar-refractivity contribution < 1.29 is 15.0 Å². The van der Waals surface area contributed by atoms with Gasteiger partial charge in [0.25, 0.3) is 0 Å². The average Bonchev–Trinajstić information content (AvgIpc) is 2.99. The lowest BCUT2D eigenvalue weighted by atomic mass is 9.96. The first-order valence-corrected chi connectivity index (χ1v) is 8.45. The van der Waals surface area contributed by atoms with Crippen molar-refractivity contribution in [3.05, 3.63) is 0 Å². The number of carbonyl (C=O) groups excluding carboxylic acids is 1. The third-order valence-electron chi connectivity index (χ3n) is 4.92. The average molecular weight is 298 g/mol. The summed E-state index contributed by atoms with van der Waals surface area (Å²) in [4.78, 5) is 14.1. The molecule has 0 spiro atoms. The van der Waals surface area contributed by atoms with Gasteiger partial charge in [0.2, 0.25) is 5.91 Å². The molecule has 0 aromatic rings. The van der Waals surface area contributed by atoms with Gasteiger partial charge in [0, 0.05) is 19.5 Å². The van der Waals surface area contributed by atoms with Crippen LogP contribution in [-0.4, -0.2) is 59.9 Å². The monoisotopic (exact) mass is 298 g/mol. The van der Waals surface area contributed by atoms with E-state index in [0.29, 0.717) is 24.8 Å². The summed E-state index contributed by atoms with van der Waals surface area (Å²) in [6, 6.07) is 0. The van der Waals surface area contributed by atoms with Crippen molar-refractivity contribution in [2.24, 2.45) is 11.8 Å².